The van der Waals surface area contributed by atoms with Gasteiger partial charge in [-0.1, -0.05) is 12.8 Å². The van der Waals surface area contributed by atoms with Crippen molar-refractivity contribution < 1.29 is 14.3 Å². The molecule has 1 aliphatic carbocycles. The van der Waals surface area contributed by atoms with Crippen molar-refractivity contribution in [2.24, 2.45) is 11.7 Å². The summed E-state index contributed by atoms with van der Waals surface area (Å²) in [4.78, 5) is 12.2. The van der Waals surface area contributed by atoms with Crippen LogP contribution in [-0.2, 0) is 14.3 Å². The molecule has 1 heterocycles. The number of hydrogen-bond donors (Lipinski definition) is 2. The quantitative estimate of drug-likeness (QED) is 0.780. The minimum atomic E-state index is -0.417. The Morgan fingerprint density at radius 3 is 2.76 bits per heavy atom. The number of halogens is 1. The Bertz CT molecular complexity index is 311. The van der Waals surface area contributed by atoms with Crippen molar-refractivity contribution in [3.8, 4) is 0 Å². The van der Waals surface area contributed by atoms with E-state index in [0.29, 0.717) is 19.1 Å². The minimum Gasteiger partial charge on any atom is -0.376 e. The highest BCUT2D eigenvalue weighted by atomic mass is 35.5. The van der Waals surface area contributed by atoms with Crippen LogP contribution in [0.15, 0.2) is 0 Å². The average Bonchev–Trinajstić information content (AvgIpc) is 2.98. The standard InChI is InChI=1S/C15H28N2O3.ClH/c1-11(20-10-13-6-4-8-19-13)15(18)17-14-7-3-2-5-12(14)9-16;/h11-14H,2-10,16H2,1H3,(H,17,18);1H. The summed E-state index contributed by atoms with van der Waals surface area (Å²) in [5, 5.41) is 3.11. The van der Waals surface area contributed by atoms with E-state index in [1.165, 1.54) is 12.8 Å². The highest BCUT2D eigenvalue weighted by molar-refractivity contribution is 5.85. The largest absolute Gasteiger partial charge is 0.376 e. The number of nitrogens with one attached hydrogen (secondary N) is 1. The minimum absolute atomic E-state index is 0. The number of nitrogens with two attached hydrogens (primary N) is 1. The van der Waals surface area contributed by atoms with Gasteiger partial charge in [0.2, 0.25) is 5.91 Å². The van der Waals surface area contributed by atoms with Gasteiger partial charge >= 0.3 is 0 Å². The van der Waals surface area contributed by atoms with Crippen molar-refractivity contribution in [1.29, 1.82) is 0 Å². The Balaban J connectivity index is 0.00000220. The van der Waals surface area contributed by atoms with Gasteiger partial charge in [-0.3, -0.25) is 4.79 Å². The van der Waals surface area contributed by atoms with Crippen molar-refractivity contribution in [1.82, 2.24) is 5.32 Å². The Hall–Kier alpha value is -0.360. The van der Waals surface area contributed by atoms with Gasteiger partial charge in [-0.05, 0) is 45.1 Å². The topological polar surface area (TPSA) is 73.6 Å². The highest BCUT2D eigenvalue weighted by Gasteiger charge is 2.27. The molecule has 2 aliphatic rings. The fourth-order valence-electron chi connectivity index (χ4n) is 3.08. The van der Waals surface area contributed by atoms with Crippen molar-refractivity contribution in [2.45, 2.75) is 63.7 Å². The van der Waals surface area contributed by atoms with Gasteiger partial charge in [-0.2, -0.15) is 0 Å². The summed E-state index contributed by atoms with van der Waals surface area (Å²) >= 11 is 0. The zero-order chi connectivity index (χ0) is 14.4. The van der Waals surface area contributed by atoms with Gasteiger partial charge in [0.25, 0.3) is 0 Å². The van der Waals surface area contributed by atoms with E-state index in [9.17, 15) is 4.79 Å². The Morgan fingerprint density at radius 2 is 2.10 bits per heavy atom. The molecular weight excluding hydrogens is 292 g/mol. The molecule has 0 bridgehead atoms. The smallest absolute Gasteiger partial charge is 0.249 e. The Morgan fingerprint density at radius 1 is 1.33 bits per heavy atom. The predicted octanol–water partition coefficient (Wildman–Crippen LogP) is 1.63. The summed E-state index contributed by atoms with van der Waals surface area (Å²) in [5.41, 5.74) is 5.79. The molecule has 1 saturated heterocycles. The molecule has 2 rings (SSSR count). The van der Waals surface area contributed by atoms with Crippen molar-refractivity contribution in [2.75, 3.05) is 19.8 Å². The van der Waals surface area contributed by atoms with Gasteiger partial charge in [-0.15, -0.1) is 12.4 Å². The second-order valence-corrected chi connectivity index (χ2v) is 6.01. The van der Waals surface area contributed by atoms with Crippen LogP contribution in [0, 0.1) is 5.92 Å². The molecule has 0 spiro atoms. The maximum atomic E-state index is 12.2. The van der Waals surface area contributed by atoms with Crippen LogP contribution in [0.4, 0.5) is 0 Å². The zero-order valence-electron chi connectivity index (χ0n) is 12.9. The molecule has 3 N–H and O–H groups in total. The Labute approximate surface area is 133 Å². The SMILES string of the molecule is CC(OCC1CCCO1)C(=O)NC1CCCCC1CN.Cl. The lowest BCUT2D eigenvalue weighted by atomic mass is 9.84. The fourth-order valence-corrected chi connectivity index (χ4v) is 3.08. The van der Waals surface area contributed by atoms with Crippen molar-refractivity contribution in [3.05, 3.63) is 0 Å². The van der Waals surface area contributed by atoms with E-state index in [0.717, 1.165) is 32.3 Å². The second-order valence-electron chi connectivity index (χ2n) is 6.01. The van der Waals surface area contributed by atoms with Gasteiger partial charge in [0, 0.05) is 12.6 Å². The van der Waals surface area contributed by atoms with E-state index in [1.54, 1.807) is 0 Å². The van der Waals surface area contributed by atoms with Crippen LogP contribution in [0.1, 0.15) is 45.4 Å². The van der Waals surface area contributed by atoms with Crippen LogP contribution in [0.25, 0.3) is 0 Å². The van der Waals surface area contributed by atoms with E-state index >= 15 is 0 Å². The molecule has 1 aliphatic heterocycles. The van der Waals surface area contributed by atoms with E-state index in [4.69, 9.17) is 15.2 Å². The molecule has 4 atom stereocenters. The molecule has 0 aromatic heterocycles. The molecule has 1 saturated carbocycles. The number of carbonyl (C=O) groups excluding carboxylic acids is 1. The molecule has 124 valence electrons. The van der Waals surface area contributed by atoms with E-state index in [2.05, 4.69) is 5.32 Å². The number of rotatable bonds is 6. The molecule has 0 aromatic carbocycles. The third-order valence-corrected chi connectivity index (χ3v) is 4.46. The molecule has 0 aromatic rings. The van der Waals surface area contributed by atoms with Crippen molar-refractivity contribution in [3.63, 3.8) is 0 Å². The normalized spacial score (nSPS) is 30.5. The number of hydrogen-bond acceptors (Lipinski definition) is 4. The van der Waals surface area contributed by atoms with Gasteiger partial charge < -0.3 is 20.5 Å². The summed E-state index contributed by atoms with van der Waals surface area (Å²) < 4.78 is 11.1. The molecule has 6 heteroatoms. The molecule has 2 fully saturated rings. The Kier molecular flexibility index (Phi) is 8.56. The van der Waals surface area contributed by atoms with Gasteiger partial charge in [0.05, 0.1) is 12.7 Å². The first-order chi connectivity index (χ1) is 9.70. The van der Waals surface area contributed by atoms with Crippen LogP contribution in [0.2, 0.25) is 0 Å². The highest BCUT2D eigenvalue weighted by Crippen LogP contribution is 2.23. The van der Waals surface area contributed by atoms with Crippen LogP contribution in [0.5, 0.6) is 0 Å². The fraction of sp³-hybridized carbons (Fsp3) is 0.933. The van der Waals surface area contributed by atoms with Gasteiger partial charge in [0.15, 0.2) is 0 Å². The third kappa shape index (κ3) is 5.74. The molecule has 21 heavy (non-hydrogen) atoms. The molecule has 5 nitrogen and oxygen atoms in total. The van der Waals surface area contributed by atoms with Gasteiger partial charge in [0.1, 0.15) is 6.10 Å². The molecular formula is C15H29ClN2O3. The summed E-state index contributed by atoms with van der Waals surface area (Å²) in [5.74, 6) is 0.395. The lowest BCUT2D eigenvalue weighted by molar-refractivity contribution is -0.135. The number of amides is 1. The first-order valence-corrected chi connectivity index (χ1v) is 7.94. The first kappa shape index (κ1) is 18.7. The monoisotopic (exact) mass is 320 g/mol. The molecule has 4 unspecified atom stereocenters. The van der Waals surface area contributed by atoms with Crippen LogP contribution in [0.3, 0.4) is 0 Å². The van der Waals surface area contributed by atoms with Crippen LogP contribution < -0.4 is 11.1 Å². The van der Waals surface area contributed by atoms with E-state index in [1.807, 2.05) is 6.92 Å². The maximum absolute atomic E-state index is 12.2. The third-order valence-electron chi connectivity index (χ3n) is 4.46. The molecule has 1 amide bonds. The summed E-state index contributed by atoms with van der Waals surface area (Å²) in [6, 6.07) is 0.218. The van der Waals surface area contributed by atoms with Crippen LogP contribution in [-0.4, -0.2) is 43.9 Å². The number of ether oxygens (including phenoxy) is 2. The van der Waals surface area contributed by atoms with Gasteiger partial charge in [-0.25, -0.2) is 0 Å². The van der Waals surface area contributed by atoms with Crippen LogP contribution >= 0.6 is 12.4 Å². The lowest BCUT2D eigenvalue weighted by Gasteiger charge is -2.32. The van der Waals surface area contributed by atoms with Crippen molar-refractivity contribution >= 4 is 18.3 Å². The molecule has 0 radical (unpaired) electrons. The zero-order valence-corrected chi connectivity index (χ0v) is 13.7. The summed E-state index contributed by atoms with van der Waals surface area (Å²) in [6.07, 6.45) is 6.42. The lowest BCUT2D eigenvalue weighted by Crippen LogP contribution is -2.48. The summed E-state index contributed by atoms with van der Waals surface area (Å²) in [6.45, 7) is 3.79. The second kappa shape index (κ2) is 9.62. The number of carbonyl (C=O) groups is 1. The van der Waals surface area contributed by atoms with E-state index < -0.39 is 6.10 Å². The maximum Gasteiger partial charge on any atom is 0.249 e. The average molecular weight is 321 g/mol. The summed E-state index contributed by atoms with van der Waals surface area (Å²) in [7, 11) is 0. The first-order valence-electron chi connectivity index (χ1n) is 7.94. The van der Waals surface area contributed by atoms with E-state index in [-0.39, 0.29) is 30.5 Å². The predicted molar refractivity (Wildman–Crippen MR) is 84.6 cm³/mol.